The minimum absolute atomic E-state index is 0.0773. The Morgan fingerprint density at radius 2 is 1.62 bits per heavy atom. The monoisotopic (exact) mass is 378 g/mol. The van der Waals surface area contributed by atoms with E-state index in [0.717, 1.165) is 22.9 Å². The van der Waals surface area contributed by atoms with Crippen molar-refractivity contribution in [2.24, 2.45) is 0 Å². The van der Waals surface area contributed by atoms with Gasteiger partial charge in [0.1, 0.15) is 5.82 Å². The van der Waals surface area contributed by atoms with E-state index < -0.39 is 5.82 Å². The number of quaternary nitrogens is 1. The van der Waals surface area contributed by atoms with Crippen LogP contribution in [0.15, 0.2) is 36.4 Å². The van der Waals surface area contributed by atoms with Crippen molar-refractivity contribution in [2.75, 3.05) is 30.8 Å². The quantitative estimate of drug-likeness (QED) is 0.721. The number of halogens is 2. The molecule has 0 saturated heterocycles. The van der Waals surface area contributed by atoms with Gasteiger partial charge in [0.05, 0.1) is 17.8 Å². The van der Waals surface area contributed by atoms with Gasteiger partial charge in [0.2, 0.25) is 0 Å². The first-order chi connectivity index (χ1) is 12.3. The fourth-order valence-corrected chi connectivity index (χ4v) is 2.81. The molecule has 0 aromatic heterocycles. The molecule has 0 spiro atoms. The van der Waals surface area contributed by atoms with Crippen LogP contribution in [0, 0.1) is 19.7 Å². The Bertz CT molecular complexity index is 806. The second kappa shape index (κ2) is 8.78. The highest BCUT2D eigenvalue weighted by Crippen LogP contribution is 2.22. The fraction of sp³-hybridized carbons (Fsp3) is 0.263. The summed E-state index contributed by atoms with van der Waals surface area (Å²) in [4.78, 5) is 25.0. The predicted octanol–water partition coefficient (Wildman–Crippen LogP) is 2.19. The molecule has 0 bridgehead atoms. The first-order valence-electron chi connectivity index (χ1n) is 8.18. The van der Waals surface area contributed by atoms with Crippen LogP contribution < -0.4 is 15.5 Å². The number of hydrogen-bond donors (Lipinski definition) is 3. The molecule has 1 unspecified atom stereocenters. The van der Waals surface area contributed by atoms with Crippen molar-refractivity contribution in [2.45, 2.75) is 13.8 Å². The number of anilines is 2. The van der Waals surface area contributed by atoms with Gasteiger partial charge in [0, 0.05) is 5.69 Å². The summed E-state index contributed by atoms with van der Waals surface area (Å²) in [5.74, 6) is -0.956. The second-order valence-corrected chi connectivity index (χ2v) is 6.71. The Hall–Kier alpha value is -2.44. The number of aryl methyl sites for hydroxylation is 2. The van der Waals surface area contributed by atoms with Crippen molar-refractivity contribution in [1.82, 2.24) is 0 Å². The van der Waals surface area contributed by atoms with Gasteiger partial charge in [0.15, 0.2) is 13.1 Å². The summed E-state index contributed by atoms with van der Waals surface area (Å²) in [5.41, 5.74) is 3.11. The molecule has 5 nitrogen and oxygen atoms in total. The highest BCUT2D eigenvalue weighted by molar-refractivity contribution is 6.33. The number of likely N-dealkylation sites (N-methyl/N-ethyl adjacent to an activating group) is 1. The zero-order valence-corrected chi connectivity index (χ0v) is 15.7. The van der Waals surface area contributed by atoms with Crippen molar-refractivity contribution in [3.8, 4) is 0 Å². The summed E-state index contributed by atoms with van der Waals surface area (Å²) in [6.07, 6.45) is 0. The van der Waals surface area contributed by atoms with Crippen molar-refractivity contribution < 1.29 is 18.9 Å². The fourth-order valence-electron chi connectivity index (χ4n) is 2.59. The van der Waals surface area contributed by atoms with Gasteiger partial charge in [-0.05, 0) is 43.2 Å². The zero-order valence-electron chi connectivity index (χ0n) is 15.0. The number of carbonyl (C=O) groups is 2. The van der Waals surface area contributed by atoms with Crippen LogP contribution in [-0.2, 0) is 9.59 Å². The maximum atomic E-state index is 13.0. The molecule has 0 radical (unpaired) electrons. The normalized spacial score (nSPS) is 11.7. The van der Waals surface area contributed by atoms with E-state index >= 15 is 0 Å². The third kappa shape index (κ3) is 5.54. The van der Waals surface area contributed by atoms with Gasteiger partial charge in [-0.2, -0.15) is 0 Å². The minimum Gasteiger partial charge on any atom is -0.322 e. The van der Waals surface area contributed by atoms with Crippen LogP contribution in [-0.4, -0.2) is 32.0 Å². The van der Waals surface area contributed by atoms with E-state index in [0.29, 0.717) is 10.6 Å². The molecule has 26 heavy (non-hydrogen) atoms. The van der Waals surface area contributed by atoms with Crippen molar-refractivity contribution in [3.05, 3.63) is 58.4 Å². The third-order valence-electron chi connectivity index (χ3n) is 3.88. The summed E-state index contributed by atoms with van der Waals surface area (Å²) in [5, 5.41) is 5.64. The van der Waals surface area contributed by atoms with Gasteiger partial charge in [-0.1, -0.05) is 29.8 Å². The smallest absolute Gasteiger partial charge is 0.279 e. The lowest BCUT2D eigenvalue weighted by atomic mass is 10.1. The molecule has 0 aliphatic heterocycles. The van der Waals surface area contributed by atoms with Crippen molar-refractivity contribution in [1.29, 1.82) is 0 Å². The molecule has 2 amide bonds. The highest BCUT2D eigenvalue weighted by atomic mass is 35.5. The highest BCUT2D eigenvalue weighted by Gasteiger charge is 2.16. The van der Waals surface area contributed by atoms with Crippen LogP contribution in [0.1, 0.15) is 11.1 Å². The Balaban J connectivity index is 1.88. The average Bonchev–Trinajstić information content (AvgIpc) is 2.53. The van der Waals surface area contributed by atoms with Gasteiger partial charge in [-0.25, -0.2) is 4.39 Å². The SMILES string of the molecule is Cc1cccc(C)c1NC(=O)C[NH+](C)CC(=O)Nc1ccc(F)cc1Cl. The van der Waals surface area contributed by atoms with Gasteiger partial charge in [-0.15, -0.1) is 0 Å². The third-order valence-corrected chi connectivity index (χ3v) is 4.19. The van der Waals surface area contributed by atoms with Gasteiger partial charge >= 0.3 is 0 Å². The second-order valence-electron chi connectivity index (χ2n) is 6.30. The lowest BCUT2D eigenvalue weighted by molar-refractivity contribution is -0.862. The van der Waals surface area contributed by atoms with Crippen LogP contribution in [0.5, 0.6) is 0 Å². The predicted molar refractivity (Wildman–Crippen MR) is 101 cm³/mol. The molecule has 2 aromatic rings. The first-order valence-corrected chi connectivity index (χ1v) is 8.56. The summed E-state index contributed by atoms with van der Waals surface area (Å²) in [6.45, 7) is 4.07. The number of para-hydroxylation sites is 1. The van der Waals surface area contributed by atoms with Gasteiger partial charge in [-0.3, -0.25) is 9.59 Å². The molecular weight excluding hydrogens is 357 g/mol. The van der Waals surface area contributed by atoms with E-state index in [9.17, 15) is 14.0 Å². The summed E-state index contributed by atoms with van der Waals surface area (Å²) < 4.78 is 13.0. The van der Waals surface area contributed by atoms with E-state index in [1.807, 2.05) is 32.0 Å². The zero-order chi connectivity index (χ0) is 19.3. The van der Waals surface area contributed by atoms with E-state index in [1.54, 1.807) is 7.05 Å². The van der Waals surface area contributed by atoms with Crippen LogP contribution in [0.2, 0.25) is 5.02 Å². The molecule has 2 rings (SSSR count). The van der Waals surface area contributed by atoms with Crippen LogP contribution in [0.3, 0.4) is 0 Å². The number of hydrogen-bond acceptors (Lipinski definition) is 2. The summed E-state index contributed by atoms with van der Waals surface area (Å²) >= 11 is 5.89. The molecule has 138 valence electrons. The molecule has 0 fully saturated rings. The number of nitrogens with one attached hydrogen (secondary N) is 3. The van der Waals surface area contributed by atoms with Gasteiger partial charge in [0.25, 0.3) is 11.8 Å². The Morgan fingerprint density at radius 1 is 1.04 bits per heavy atom. The topological polar surface area (TPSA) is 62.6 Å². The van der Waals surface area contributed by atoms with Gasteiger partial charge < -0.3 is 15.5 Å². The Kier molecular flexibility index (Phi) is 6.71. The largest absolute Gasteiger partial charge is 0.322 e. The number of benzene rings is 2. The van der Waals surface area contributed by atoms with E-state index in [4.69, 9.17) is 11.6 Å². The Labute approximate surface area is 157 Å². The van der Waals surface area contributed by atoms with Crippen LogP contribution in [0.25, 0.3) is 0 Å². The summed E-state index contributed by atoms with van der Waals surface area (Å²) in [7, 11) is 1.75. The maximum Gasteiger partial charge on any atom is 0.279 e. The standard InChI is InChI=1S/C19H21ClFN3O2/c1-12-5-4-6-13(2)19(12)23-18(26)11-24(3)10-17(25)22-16-8-7-14(21)9-15(16)20/h4-9H,10-11H2,1-3H3,(H,22,25)(H,23,26)/p+1. The maximum absolute atomic E-state index is 13.0. The number of rotatable bonds is 6. The van der Waals surface area contributed by atoms with Crippen LogP contribution >= 0.6 is 11.6 Å². The molecule has 7 heteroatoms. The number of amides is 2. The molecule has 0 heterocycles. The van der Waals surface area contributed by atoms with E-state index in [2.05, 4.69) is 10.6 Å². The molecule has 3 N–H and O–H groups in total. The van der Waals surface area contributed by atoms with E-state index in [1.165, 1.54) is 12.1 Å². The minimum atomic E-state index is -0.473. The van der Waals surface area contributed by atoms with E-state index in [-0.39, 0.29) is 29.9 Å². The summed E-state index contributed by atoms with van der Waals surface area (Å²) in [6, 6.07) is 9.54. The van der Waals surface area contributed by atoms with Crippen molar-refractivity contribution >= 4 is 34.8 Å². The lowest BCUT2D eigenvalue weighted by Crippen LogP contribution is -3.11. The first kappa shape index (κ1) is 19.9. The molecule has 1 atom stereocenters. The molecular formula is C19H22ClFN3O2+. The van der Waals surface area contributed by atoms with Crippen LogP contribution in [0.4, 0.5) is 15.8 Å². The molecule has 0 aliphatic carbocycles. The Morgan fingerprint density at radius 3 is 2.19 bits per heavy atom. The molecule has 0 saturated carbocycles. The lowest BCUT2D eigenvalue weighted by Gasteiger charge is -2.16. The van der Waals surface area contributed by atoms with Crippen molar-refractivity contribution in [3.63, 3.8) is 0 Å². The molecule has 0 aliphatic rings. The number of carbonyl (C=O) groups excluding carboxylic acids is 2. The molecule has 2 aromatic carbocycles. The average molecular weight is 379 g/mol.